The topological polar surface area (TPSA) is 19.4 Å². The number of rotatable bonds is 6. The molecule has 0 amide bonds. The molecule has 0 saturated heterocycles. The van der Waals surface area contributed by atoms with Crippen molar-refractivity contribution in [1.29, 1.82) is 0 Å². The van der Waals surface area contributed by atoms with E-state index in [-0.39, 0.29) is 28.4 Å². The molecule has 10 aromatic rings. The first-order chi connectivity index (χ1) is 36.2. The lowest BCUT2D eigenvalue weighted by Crippen LogP contribution is -2.61. The Kier molecular flexibility index (Phi) is 11.8. The minimum Gasteiger partial charge on any atom is -0.311 e. The summed E-state index contributed by atoms with van der Waals surface area (Å²) in [5.41, 5.74) is 25.4. The summed E-state index contributed by atoms with van der Waals surface area (Å²) < 4.78 is 1.16. The van der Waals surface area contributed by atoms with Gasteiger partial charge in [-0.2, -0.15) is 0 Å². The Morgan fingerprint density at radius 1 is 0.368 bits per heavy atom. The van der Waals surface area contributed by atoms with Crippen LogP contribution in [-0.2, 0) is 21.7 Å². The van der Waals surface area contributed by atoms with Gasteiger partial charge in [-0.25, -0.2) is 4.98 Å². The third-order valence-electron chi connectivity index (χ3n) is 15.9. The van der Waals surface area contributed by atoms with Gasteiger partial charge in [0.1, 0.15) is 5.01 Å². The molecule has 1 aromatic heterocycles. The van der Waals surface area contributed by atoms with Gasteiger partial charge in [0, 0.05) is 45.1 Å². The fourth-order valence-corrected chi connectivity index (χ4v) is 12.5. The van der Waals surface area contributed by atoms with Crippen LogP contribution in [0.2, 0.25) is 0 Å². The van der Waals surface area contributed by atoms with E-state index in [0.717, 1.165) is 26.5 Å². The minimum atomic E-state index is -0.172. The Labute approximate surface area is 456 Å². The fraction of sp³-hybridized carbons (Fsp3) is 0.225. The predicted octanol–water partition coefficient (Wildman–Crippen LogP) is 18.2. The first-order valence-electron chi connectivity index (χ1n) is 27.1. The summed E-state index contributed by atoms with van der Waals surface area (Å²) in [5.74, 6) is 0. The molecule has 0 unspecified atom stereocenters. The molecule has 3 nitrogen and oxygen atoms in total. The Bertz CT molecular complexity index is 3770. The van der Waals surface area contributed by atoms with Gasteiger partial charge in [-0.05, 0) is 125 Å². The van der Waals surface area contributed by atoms with Gasteiger partial charge in [0.05, 0.1) is 15.9 Å². The minimum absolute atomic E-state index is 0.0203. The van der Waals surface area contributed by atoms with Gasteiger partial charge < -0.3 is 9.80 Å². The zero-order valence-electron chi connectivity index (χ0n) is 46.3. The van der Waals surface area contributed by atoms with Gasteiger partial charge in [0.25, 0.3) is 6.71 Å². The van der Waals surface area contributed by atoms with Gasteiger partial charge in [0.15, 0.2) is 0 Å². The highest BCUT2D eigenvalue weighted by Gasteiger charge is 2.46. The zero-order valence-corrected chi connectivity index (χ0v) is 47.1. The van der Waals surface area contributed by atoms with Crippen LogP contribution in [-0.4, -0.2) is 11.7 Å². The van der Waals surface area contributed by atoms with Crippen LogP contribution >= 0.6 is 11.3 Å². The summed E-state index contributed by atoms with van der Waals surface area (Å²) in [7, 11) is 0. The molecule has 0 saturated carbocycles. The van der Waals surface area contributed by atoms with Crippen molar-refractivity contribution in [3.05, 3.63) is 216 Å². The summed E-state index contributed by atoms with van der Waals surface area (Å²) in [6.07, 6.45) is 0. The van der Waals surface area contributed by atoms with Crippen LogP contribution in [0.4, 0.5) is 34.1 Å². The Hall–Kier alpha value is -7.47. The summed E-state index contributed by atoms with van der Waals surface area (Å²) in [4.78, 5) is 10.8. The van der Waals surface area contributed by atoms with Gasteiger partial charge in [-0.1, -0.05) is 235 Å². The van der Waals surface area contributed by atoms with E-state index in [4.69, 9.17) is 4.98 Å². The lowest BCUT2D eigenvalue weighted by atomic mass is 9.33. The lowest BCUT2D eigenvalue weighted by Gasteiger charge is -2.46. The molecule has 2 aliphatic heterocycles. The van der Waals surface area contributed by atoms with E-state index in [9.17, 15) is 0 Å². The van der Waals surface area contributed by atoms with E-state index in [2.05, 4.69) is 287 Å². The number of anilines is 6. The van der Waals surface area contributed by atoms with Gasteiger partial charge in [-0.15, -0.1) is 11.3 Å². The largest absolute Gasteiger partial charge is 0.311 e. The Morgan fingerprint density at radius 3 is 1.38 bits per heavy atom. The third kappa shape index (κ3) is 8.67. The van der Waals surface area contributed by atoms with Crippen LogP contribution in [0.15, 0.2) is 194 Å². The molecule has 0 atom stereocenters. The number of nitrogens with zero attached hydrogens (tertiary/aromatic N) is 3. The van der Waals surface area contributed by atoms with Crippen LogP contribution in [0.25, 0.3) is 54.2 Å². The zero-order chi connectivity index (χ0) is 53.1. The van der Waals surface area contributed by atoms with Crippen molar-refractivity contribution in [1.82, 2.24) is 4.98 Å². The maximum Gasteiger partial charge on any atom is 0.252 e. The van der Waals surface area contributed by atoms with Gasteiger partial charge in [-0.3, -0.25) is 0 Å². The van der Waals surface area contributed by atoms with Crippen molar-refractivity contribution < 1.29 is 0 Å². The average Bonchev–Trinajstić information content (AvgIpc) is 3.91. The Morgan fingerprint density at radius 2 is 0.842 bits per heavy atom. The second-order valence-corrected chi connectivity index (χ2v) is 26.4. The van der Waals surface area contributed by atoms with E-state index in [1.165, 1.54) is 100 Å². The van der Waals surface area contributed by atoms with Crippen LogP contribution in [0.3, 0.4) is 0 Å². The SMILES string of the molecule is CC(C)(C)c1ccc(-c2ccc(-c3nc4cc5c(cc4s3)N(c3c(-c4ccccc4)cccc3-c3ccccc3)c3cc(C(C)(C)C)cc4c3B5c3cc(C(C)(C)C)ccc3N4c3ccc(C(C)(C)C)cc3)cc2)cc1. The highest BCUT2D eigenvalue weighted by Crippen LogP contribution is 2.52. The number of benzene rings is 9. The highest BCUT2D eigenvalue weighted by molar-refractivity contribution is 7.21. The summed E-state index contributed by atoms with van der Waals surface area (Å²) >= 11 is 1.79. The van der Waals surface area contributed by atoms with Crippen molar-refractivity contribution in [2.75, 3.05) is 9.80 Å². The van der Waals surface area contributed by atoms with E-state index in [1.807, 2.05) is 0 Å². The molecular weight excluding hydrogens is 938 g/mol. The van der Waals surface area contributed by atoms with Crippen LogP contribution in [0.5, 0.6) is 0 Å². The highest BCUT2D eigenvalue weighted by atomic mass is 32.1. The molecule has 9 aromatic carbocycles. The maximum absolute atomic E-state index is 5.56. The van der Waals surface area contributed by atoms with Crippen molar-refractivity contribution >= 4 is 78.8 Å². The maximum atomic E-state index is 5.56. The molecule has 0 spiro atoms. The van der Waals surface area contributed by atoms with Crippen LogP contribution in [0.1, 0.15) is 105 Å². The first-order valence-corrected chi connectivity index (χ1v) is 28.0. The average molecular weight is 1010 g/mol. The molecule has 0 aliphatic carbocycles. The van der Waals surface area contributed by atoms with E-state index in [1.54, 1.807) is 11.3 Å². The standard InChI is InChI=1S/C71H68BN3S/c1-68(2,3)50-32-30-46(31-33-50)45-26-28-49(29-27-45)67-73-59-43-58-61(44-64(59)76-67)75(66-55(47-20-15-13-16-21-47)24-19-25-56(66)48-22-17-14-18-23-48)63-42-53(71(10,11)12)41-62-65(63)72(58)57-40-52(70(7,8)9)36-39-60(57)74(62)54-37-34-51(35-38-54)69(4,5)6/h13-44H,1-12H3. The van der Waals surface area contributed by atoms with Crippen molar-refractivity contribution in [3.63, 3.8) is 0 Å². The summed E-state index contributed by atoms with van der Waals surface area (Å²) in [5, 5.41) is 1.02. The molecule has 5 heteroatoms. The third-order valence-corrected chi connectivity index (χ3v) is 17.0. The fourth-order valence-electron chi connectivity index (χ4n) is 11.5. The normalized spacial score (nSPS) is 13.4. The number of thiazole rings is 1. The summed E-state index contributed by atoms with van der Waals surface area (Å²) in [6.45, 7) is 27.7. The molecule has 0 N–H and O–H groups in total. The second-order valence-electron chi connectivity index (χ2n) is 25.3. The molecular formula is C71H68BN3S. The monoisotopic (exact) mass is 1010 g/mol. The number of hydrogen-bond donors (Lipinski definition) is 0. The second kappa shape index (κ2) is 18.1. The molecule has 0 fully saturated rings. The predicted molar refractivity (Wildman–Crippen MR) is 330 cm³/mol. The van der Waals surface area contributed by atoms with Crippen LogP contribution in [0, 0.1) is 0 Å². The smallest absolute Gasteiger partial charge is 0.252 e. The van der Waals surface area contributed by atoms with Crippen molar-refractivity contribution in [2.45, 2.75) is 105 Å². The Balaban J connectivity index is 1.16. The lowest BCUT2D eigenvalue weighted by molar-refractivity contribution is 0.589. The quantitative estimate of drug-likeness (QED) is 0.155. The molecule has 2 aliphatic rings. The number of aromatic nitrogens is 1. The van der Waals surface area contributed by atoms with E-state index >= 15 is 0 Å². The molecule has 0 bridgehead atoms. The first kappa shape index (κ1) is 49.4. The number of fused-ring (bicyclic) bond motifs is 5. The number of para-hydroxylation sites is 1. The van der Waals surface area contributed by atoms with E-state index < -0.39 is 0 Å². The van der Waals surface area contributed by atoms with Gasteiger partial charge in [0.2, 0.25) is 0 Å². The molecule has 12 rings (SSSR count). The van der Waals surface area contributed by atoms with Crippen molar-refractivity contribution in [2.24, 2.45) is 0 Å². The molecule has 3 heterocycles. The van der Waals surface area contributed by atoms with Crippen LogP contribution < -0.4 is 26.2 Å². The summed E-state index contributed by atoms with van der Waals surface area (Å²) in [6, 6.07) is 73.6. The van der Waals surface area contributed by atoms with Gasteiger partial charge >= 0.3 is 0 Å². The van der Waals surface area contributed by atoms with Crippen molar-refractivity contribution in [3.8, 4) is 44.0 Å². The molecule has 76 heavy (non-hydrogen) atoms. The number of hydrogen-bond acceptors (Lipinski definition) is 4. The van der Waals surface area contributed by atoms with E-state index in [0.29, 0.717) is 0 Å². The molecule has 0 radical (unpaired) electrons. The molecule has 376 valence electrons.